The maximum Gasteiger partial charge on any atom is 0.122 e. The van der Waals surface area contributed by atoms with Crippen LogP contribution in [0, 0.1) is 11.8 Å². The minimum atomic E-state index is 0.332. The predicted molar refractivity (Wildman–Crippen MR) is 74.5 cm³/mol. The molecule has 1 aromatic heterocycles. The number of furan rings is 1. The molecule has 1 aliphatic carbocycles. The molecule has 1 heterocycles. The number of hydrogen-bond donors (Lipinski definition) is 1. The Morgan fingerprint density at radius 3 is 2.61 bits per heavy atom. The topological polar surface area (TPSA) is 28.4 Å². The van der Waals surface area contributed by atoms with Crippen molar-refractivity contribution in [3.63, 3.8) is 0 Å². The molecule has 2 rings (SSSR count). The van der Waals surface area contributed by atoms with E-state index in [0.717, 1.165) is 24.1 Å². The van der Waals surface area contributed by atoms with Crippen LogP contribution in [0.15, 0.2) is 22.8 Å². The monoisotopic (exact) mass is 250 g/mol. The van der Waals surface area contributed by atoms with Gasteiger partial charge >= 0.3 is 0 Å². The number of nitrogens with zero attached hydrogens (tertiary/aromatic N) is 1. The number of nitrogens with one attached hydrogen (secondary N) is 1. The van der Waals surface area contributed by atoms with Crippen LogP contribution in [0.3, 0.4) is 0 Å². The third kappa shape index (κ3) is 3.15. The van der Waals surface area contributed by atoms with Gasteiger partial charge in [0.25, 0.3) is 0 Å². The van der Waals surface area contributed by atoms with Gasteiger partial charge in [0.05, 0.1) is 12.3 Å². The highest BCUT2D eigenvalue weighted by Crippen LogP contribution is 2.33. The smallest absolute Gasteiger partial charge is 0.122 e. The quantitative estimate of drug-likeness (QED) is 0.841. The summed E-state index contributed by atoms with van der Waals surface area (Å²) < 4.78 is 5.52. The first kappa shape index (κ1) is 13.6. The molecule has 0 saturated heterocycles. The Kier molecular flexibility index (Phi) is 4.46. The van der Waals surface area contributed by atoms with Crippen LogP contribution in [-0.4, -0.2) is 31.6 Å². The summed E-state index contributed by atoms with van der Waals surface area (Å²) in [5.41, 5.74) is 0. The summed E-state index contributed by atoms with van der Waals surface area (Å²) in [6, 6.07) is 5.06. The molecule has 0 amide bonds. The van der Waals surface area contributed by atoms with Gasteiger partial charge in [0.2, 0.25) is 0 Å². The second-order valence-corrected chi connectivity index (χ2v) is 6.08. The molecule has 1 unspecified atom stereocenters. The van der Waals surface area contributed by atoms with Gasteiger partial charge in [-0.2, -0.15) is 0 Å². The van der Waals surface area contributed by atoms with Crippen LogP contribution >= 0.6 is 0 Å². The Labute approximate surface area is 111 Å². The average Bonchev–Trinajstić information content (AvgIpc) is 2.73. The van der Waals surface area contributed by atoms with Gasteiger partial charge in [-0.3, -0.25) is 4.90 Å². The maximum atomic E-state index is 5.52. The van der Waals surface area contributed by atoms with Crippen molar-refractivity contribution < 1.29 is 4.42 Å². The minimum absolute atomic E-state index is 0.332. The van der Waals surface area contributed by atoms with Crippen molar-refractivity contribution in [2.45, 2.75) is 38.8 Å². The van der Waals surface area contributed by atoms with Crippen molar-refractivity contribution in [2.24, 2.45) is 11.8 Å². The Hall–Kier alpha value is -0.800. The first-order chi connectivity index (χ1) is 8.58. The minimum Gasteiger partial charge on any atom is -0.468 e. The van der Waals surface area contributed by atoms with E-state index in [9.17, 15) is 0 Å². The van der Waals surface area contributed by atoms with Gasteiger partial charge in [0.1, 0.15) is 5.76 Å². The van der Waals surface area contributed by atoms with Gasteiger partial charge in [0, 0.05) is 12.6 Å². The third-order valence-corrected chi connectivity index (χ3v) is 4.21. The lowest BCUT2D eigenvalue weighted by atomic mass is 9.73. The van der Waals surface area contributed by atoms with E-state index in [1.165, 1.54) is 12.8 Å². The largest absolute Gasteiger partial charge is 0.468 e. The fourth-order valence-corrected chi connectivity index (χ4v) is 2.67. The molecule has 3 heteroatoms. The van der Waals surface area contributed by atoms with Crippen molar-refractivity contribution in [1.82, 2.24) is 10.2 Å². The van der Waals surface area contributed by atoms with E-state index in [1.54, 1.807) is 6.26 Å². The maximum absolute atomic E-state index is 5.52. The summed E-state index contributed by atoms with van der Waals surface area (Å²) in [5.74, 6) is 2.80. The van der Waals surface area contributed by atoms with E-state index >= 15 is 0 Å². The SMILES string of the molecule is CC(C)C1CC(NCC(c2ccco2)N(C)C)C1. The van der Waals surface area contributed by atoms with E-state index in [2.05, 4.69) is 44.2 Å². The lowest BCUT2D eigenvalue weighted by Gasteiger charge is -2.39. The molecule has 1 saturated carbocycles. The van der Waals surface area contributed by atoms with Crippen molar-refractivity contribution >= 4 is 0 Å². The van der Waals surface area contributed by atoms with E-state index < -0.39 is 0 Å². The summed E-state index contributed by atoms with van der Waals surface area (Å²) >= 11 is 0. The molecular weight excluding hydrogens is 224 g/mol. The van der Waals surface area contributed by atoms with Crippen LogP contribution in [0.2, 0.25) is 0 Å². The van der Waals surface area contributed by atoms with Crippen LogP contribution in [0.4, 0.5) is 0 Å². The van der Waals surface area contributed by atoms with Gasteiger partial charge in [-0.1, -0.05) is 13.8 Å². The summed E-state index contributed by atoms with van der Waals surface area (Å²) in [7, 11) is 4.21. The Balaban J connectivity index is 1.78. The lowest BCUT2D eigenvalue weighted by Crippen LogP contribution is -2.45. The van der Waals surface area contributed by atoms with Gasteiger partial charge < -0.3 is 9.73 Å². The Morgan fingerprint density at radius 2 is 2.11 bits per heavy atom. The number of hydrogen-bond acceptors (Lipinski definition) is 3. The predicted octanol–water partition coefficient (Wildman–Crippen LogP) is 2.91. The standard InChI is InChI=1S/C15H26N2O/c1-11(2)12-8-13(9-12)16-10-14(17(3)4)15-6-5-7-18-15/h5-7,11-14,16H,8-10H2,1-4H3. The number of rotatable bonds is 6. The lowest BCUT2D eigenvalue weighted by molar-refractivity contribution is 0.153. The second kappa shape index (κ2) is 5.89. The third-order valence-electron chi connectivity index (χ3n) is 4.21. The average molecular weight is 250 g/mol. The molecular formula is C15H26N2O. The summed E-state index contributed by atoms with van der Waals surface area (Å²) in [5, 5.41) is 3.67. The molecule has 1 fully saturated rings. The second-order valence-electron chi connectivity index (χ2n) is 6.08. The normalized spacial score (nSPS) is 25.4. The summed E-state index contributed by atoms with van der Waals surface area (Å²) in [6.45, 7) is 5.62. The van der Waals surface area contributed by atoms with E-state index in [0.29, 0.717) is 12.1 Å². The van der Waals surface area contributed by atoms with Crippen LogP contribution in [0.1, 0.15) is 38.5 Å². The molecule has 0 spiro atoms. The Morgan fingerprint density at radius 1 is 1.39 bits per heavy atom. The van der Waals surface area contributed by atoms with Gasteiger partial charge in [-0.05, 0) is 50.9 Å². The van der Waals surface area contributed by atoms with Gasteiger partial charge in [0.15, 0.2) is 0 Å². The molecule has 3 nitrogen and oxygen atoms in total. The van der Waals surface area contributed by atoms with Crippen LogP contribution in [-0.2, 0) is 0 Å². The molecule has 102 valence electrons. The Bertz CT molecular complexity index is 339. The fraction of sp³-hybridized carbons (Fsp3) is 0.733. The molecule has 0 bridgehead atoms. The fourth-order valence-electron chi connectivity index (χ4n) is 2.67. The highest BCUT2D eigenvalue weighted by molar-refractivity contribution is 5.05. The molecule has 0 radical (unpaired) electrons. The van der Waals surface area contributed by atoms with Crippen molar-refractivity contribution in [1.29, 1.82) is 0 Å². The summed E-state index contributed by atoms with van der Waals surface area (Å²) in [4.78, 5) is 2.21. The summed E-state index contributed by atoms with van der Waals surface area (Å²) in [6.07, 6.45) is 4.41. The molecule has 1 aromatic rings. The number of likely N-dealkylation sites (N-methyl/N-ethyl adjacent to an activating group) is 1. The zero-order chi connectivity index (χ0) is 13.1. The zero-order valence-corrected chi connectivity index (χ0v) is 12.0. The van der Waals surface area contributed by atoms with E-state index in [1.807, 2.05) is 6.07 Å². The van der Waals surface area contributed by atoms with Crippen LogP contribution in [0.5, 0.6) is 0 Å². The molecule has 1 aliphatic rings. The van der Waals surface area contributed by atoms with E-state index in [4.69, 9.17) is 4.42 Å². The highest BCUT2D eigenvalue weighted by atomic mass is 16.3. The van der Waals surface area contributed by atoms with Crippen LogP contribution in [0.25, 0.3) is 0 Å². The van der Waals surface area contributed by atoms with Crippen LogP contribution < -0.4 is 5.32 Å². The first-order valence-electron chi connectivity index (χ1n) is 7.01. The van der Waals surface area contributed by atoms with Crippen molar-refractivity contribution in [3.05, 3.63) is 24.2 Å². The van der Waals surface area contributed by atoms with Crippen molar-refractivity contribution in [2.75, 3.05) is 20.6 Å². The molecule has 0 aromatic carbocycles. The van der Waals surface area contributed by atoms with E-state index in [-0.39, 0.29) is 0 Å². The van der Waals surface area contributed by atoms with Crippen molar-refractivity contribution in [3.8, 4) is 0 Å². The molecule has 0 aliphatic heterocycles. The zero-order valence-electron chi connectivity index (χ0n) is 12.0. The first-order valence-corrected chi connectivity index (χ1v) is 7.01. The molecule has 1 N–H and O–H groups in total. The molecule has 1 atom stereocenters. The van der Waals surface area contributed by atoms with Gasteiger partial charge in [-0.25, -0.2) is 0 Å². The highest BCUT2D eigenvalue weighted by Gasteiger charge is 2.31. The molecule has 18 heavy (non-hydrogen) atoms. The van der Waals surface area contributed by atoms with Gasteiger partial charge in [-0.15, -0.1) is 0 Å².